The fraction of sp³-hybridized carbons (Fsp3) is 0.571. The summed E-state index contributed by atoms with van der Waals surface area (Å²) in [5.41, 5.74) is 1.92. The van der Waals surface area contributed by atoms with Crippen molar-refractivity contribution in [3.63, 3.8) is 0 Å². The second kappa shape index (κ2) is 7.93. The van der Waals surface area contributed by atoms with E-state index in [0.29, 0.717) is 18.7 Å². The van der Waals surface area contributed by atoms with Crippen LogP contribution < -0.4 is 15.1 Å². The number of rotatable bonds is 5. The highest BCUT2D eigenvalue weighted by atomic mass is 16.6. The summed E-state index contributed by atoms with van der Waals surface area (Å²) >= 11 is 0. The summed E-state index contributed by atoms with van der Waals surface area (Å²) in [5.74, 6) is 0.0786. The molecule has 2 aliphatic rings. The smallest absolute Gasteiger partial charge is 0.414 e. The van der Waals surface area contributed by atoms with Crippen molar-refractivity contribution in [2.45, 2.75) is 65.2 Å². The summed E-state index contributed by atoms with van der Waals surface area (Å²) in [4.78, 5) is 39.9. The number of hydrogen-bond acceptors (Lipinski definition) is 5. The van der Waals surface area contributed by atoms with Crippen molar-refractivity contribution in [2.75, 3.05) is 22.9 Å². The SMILES string of the molecule is CCC(C)N1C(=O)Cc2cc(N3CC(CNC(=O)OC(C)(C)C)OC3=O)ccc21. The fourth-order valence-corrected chi connectivity index (χ4v) is 3.51. The molecule has 2 atom stereocenters. The Morgan fingerprint density at radius 3 is 2.72 bits per heavy atom. The van der Waals surface area contributed by atoms with Crippen LogP contribution in [0.4, 0.5) is 21.0 Å². The fourth-order valence-electron chi connectivity index (χ4n) is 3.51. The molecule has 158 valence electrons. The second-order valence-electron chi connectivity index (χ2n) is 8.51. The Hall–Kier alpha value is -2.77. The van der Waals surface area contributed by atoms with Gasteiger partial charge in [0.1, 0.15) is 11.7 Å². The Labute approximate surface area is 171 Å². The second-order valence-corrected chi connectivity index (χ2v) is 8.51. The van der Waals surface area contributed by atoms with Crippen molar-refractivity contribution in [1.29, 1.82) is 0 Å². The summed E-state index contributed by atoms with van der Waals surface area (Å²) in [6.45, 7) is 9.91. The molecule has 0 saturated carbocycles. The van der Waals surface area contributed by atoms with Crippen LogP contribution in [0.15, 0.2) is 18.2 Å². The summed E-state index contributed by atoms with van der Waals surface area (Å²) in [6.07, 6.45) is -0.281. The van der Waals surface area contributed by atoms with Crippen molar-refractivity contribution >= 4 is 29.5 Å². The van der Waals surface area contributed by atoms with E-state index < -0.39 is 23.9 Å². The lowest BCUT2D eigenvalue weighted by atomic mass is 10.1. The van der Waals surface area contributed by atoms with Gasteiger partial charge in [0.2, 0.25) is 5.91 Å². The molecule has 2 heterocycles. The molecule has 0 spiro atoms. The molecule has 29 heavy (non-hydrogen) atoms. The lowest BCUT2D eigenvalue weighted by molar-refractivity contribution is -0.117. The monoisotopic (exact) mass is 403 g/mol. The van der Waals surface area contributed by atoms with Crippen molar-refractivity contribution in [3.8, 4) is 0 Å². The first kappa shape index (κ1) is 21.0. The van der Waals surface area contributed by atoms with Crippen LogP contribution in [-0.2, 0) is 20.7 Å². The Balaban J connectivity index is 1.65. The predicted molar refractivity (Wildman–Crippen MR) is 109 cm³/mol. The number of nitrogens with zero attached hydrogens (tertiary/aromatic N) is 2. The highest BCUT2D eigenvalue weighted by Gasteiger charge is 2.35. The van der Waals surface area contributed by atoms with E-state index in [-0.39, 0.29) is 18.5 Å². The van der Waals surface area contributed by atoms with Crippen molar-refractivity contribution in [1.82, 2.24) is 5.32 Å². The summed E-state index contributed by atoms with van der Waals surface area (Å²) in [5, 5.41) is 2.63. The van der Waals surface area contributed by atoms with Gasteiger partial charge >= 0.3 is 12.2 Å². The first-order valence-corrected chi connectivity index (χ1v) is 9.99. The number of carbonyl (C=O) groups excluding carboxylic acids is 3. The minimum absolute atomic E-state index is 0.0786. The van der Waals surface area contributed by atoms with Gasteiger partial charge in [0.05, 0.1) is 19.5 Å². The van der Waals surface area contributed by atoms with E-state index in [2.05, 4.69) is 12.2 Å². The van der Waals surface area contributed by atoms with E-state index in [1.807, 2.05) is 30.0 Å². The van der Waals surface area contributed by atoms with Crippen LogP contribution >= 0.6 is 0 Å². The number of nitrogens with one attached hydrogen (secondary N) is 1. The number of carbonyl (C=O) groups is 3. The first-order chi connectivity index (χ1) is 13.6. The van der Waals surface area contributed by atoms with Gasteiger partial charge in [0.15, 0.2) is 0 Å². The average molecular weight is 403 g/mol. The molecule has 8 heteroatoms. The highest BCUT2D eigenvalue weighted by molar-refractivity contribution is 6.03. The molecule has 0 radical (unpaired) electrons. The summed E-state index contributed by atoms with van der Waals surface area (Å²) in [7, 11) is 0. The molecule has 1 saturated heterocycles. The Bertz CT molecular complexity index is 817. The Morgan fingerprint density at radius 1 is 1.34 bits per heavy atom. The van der Waals surface area contributed by atoms with E-state index >= 15 is 0 Å². The van der Waals surface area contributed by atoms with Gasteiger partial charge < -0.3 is 19.7 Å². The predicted octanol–water partition coefficient (Wildman–Crippen LogP) is 3.22. The standard InChI is InChI=1S/C21H29N3O5/c1-6-13(2)24-17-8-7-15(9-14(17)10-18(24)25)23-12-16(28-20(23)27)11-22-19(26)29-21(3,4)5/h7-9,13,16H,6,10-12H2,1-5H3,(H,22,26). The van der Waals surface area contributed by atoms with Crippen molar-refractivity contribution in [2.24, 2.45) is 0 Å². The molecule has 3 amide bonds. The van der Waals surface area contributed by atoms with E-state index in [9.17, 15) is 14.4 Å². The number of hydrogen-bond donors (Lipinski definition) is 1. The van der Waals surface area contributed by atoms with Gasteiger partial charge in [-0.05, 0) is 57.9 Å². The zero-order valence-corrected chi connectivity index (χ0v) is 17.7. The van der Waals surface area contributed by atoms with Crippen LogP contribution in [0.25, 0.3) is 0 Å². The van der Waals surface area contributed by atoms with Gasteiger partial charge in [0, 0.05) is 17.4 Å². The summed E-state index contributed by atoms with van der Waals surface area (Å²) < 4.78 is 10.6. The van der Waals surface area contributed by atoms with Gasteiger partial charge in [-0.25, -0.2) is 9.59 Å². The van der Waals surface area contributed by atoms with Crippen molar-refractivity contribution < 1.29 is 23.9 Å². The minimum atomic E-state index is -0.590. The quantitative estimate of drug-likeness (QED) is 0.816. The molecule has 0 aromatic heterocycles. The zero-order chi connectivity index (χ0) is 21.3. The van der Waals surface area contributed by atoms with Crippen LogP contribution in [-0.4, -0.2) is 48.9 Å². The molecule has 0 bridgehead atoms. The van der Waals surface area contributed by atoms with Gasteiger partial charge in [0.25, 0.3) is 0 Å². The van der Waals surface area contributed by atoms with Crippen LogP contribution in [0.5, 0.6) is 0 Å². The minimum Gasteiger partial charge on any atom is -0.444 e. The average Bonchev–Trinajstić information content (AvgIpc) is 3.16. The largest absolute Gasteiger partial charge is 0.444 e. The Kier molecular flexibility index (Phi) is 5.73. The molecule has 8 nitrogen and oxygen atoms in total. The van der Waals surface area contributed by atoms with E-state index in [1.54, 1.807) is 20.8 Å². The van der Waals surface area contributed by atoms with Crippen molar-refractivity contribution in [3.05, 3.63) is 23.8 Å². The number of fused-ring (bicyclic) bond motifs is 1. The zero-order valence-electron chi connectivity index (χ0n) is 17.7. The number of cyclic esters (lactones) is 1. The normalized spacial score (nSPS) is 19.8. The highest BCUT2D eigenvalue weighted by Crippen LogP contribution is 2.35. The molecule has 0 aliphatic carbocycles. The lowest BCUT2D eigenvalue weighted by Gasteiger charge is -2.24. The Morgan fingerprint density at radius 2 is 2.07 bits per heavy atom. The molecule has 2 unspecified atom stereocenters. The van der Waals surface area contributed by atoms with Crippen LogP contribution in [0.1, 0.15) is 46.6 Å². The number of anilines is 2. The van der Waals surface area contributed by atoms with Gasteiger partial charge in [-0.15, -0.1) is 0 Å². The first-order valence-electron chi connectivity index (χ1n) is 9.99. The van der Waals surface area contributed by atoms with Crippen LogP contribution in [0.2, 0.25) is 0 Å². The molecule has 1 aromatic rings. The topological polar surface area (TPSA) is 88.2 Å². The number of amides is 3. The molecular weight excluding hydrogens is 374 g/mol. The number of alkyl carbamates (subject to hydrolysis) is 1. The molecule has 1 N–H and O–H groups in total. The van der Waals surface area contributed by atoms with E-state index in [4.69, 9.17) is 9.47 Å². The molecule has 2 aliphatic heterocycles. The number of ether oxygens (including phenoxy) is 2. The van der Waals surface area contributed by atoms with Gasteiger partial charge in [-0.1, -0.05) is 6.92 Å². The maximum atomic E-state index is 12.4. The van der Waals surface area contributed by atoms with E-state index in [1.165, 1.54) is 4.90 Å². The third kappa shape index (κ3) is 4.63. The third-order valence-electron chi connectivity index (χ3n) is 5.02. The van der Waals surface area contributed by atoms with Crippen LogP contribution in [0.3, 0.4) is 0 Å². The van der Waals surface area contributed by atoms with Crippen LogP contribution in [0, 0.1) is 0 Å². The molecule has 1 aromatic carbocycles. The summed E-state index contributed by atoms with van der Waals surface area (Å²) in [6, 6.07) is 5.73. The lowest BCUT2D eigenvalue weighted by Crippen LogP contribution is -2.38. The maximum absolute atomic E-state index is 12.4. The molecular formula is C21H29N3O5. The maximum Gasteiger partial charge on any atom is 0.414 e. The van der Waals surface area contributed by atoms with Gasteiger partial charge in [-0.3, -0.25) is 9.69 Å². The number of benzene rings is 1. The molecule has 1 fully saturated rings. The van der Waals surface area contributed by atoms with E-state index in [0.717, 1.165) is 17.7 Å². The van der Waals surface area contributed by atoms with Gasteiger partial charge in [-0.2, -0.15) is 0 Å². The molecule has 3 rings (SSSR count). The third-order valence-corrected chi connectivity index (χ3v) is 5.02.